The van der Waals surface area contributed by atoms with Crippen LogP contribution in [0.25, 0.3) is 0 Å². The van der Waals surface area contributed by atoms with E-state index in [1.54, 1.807) is 18.3 Å². The molecule has 1 aliphatic heterocycles. The van der Waals surface area contributed by atoms with E-state index in [1.165, 1.54) is 6.07 Å². The largest absolute Gasteiger partial charge is 0.371 e. The first-order valence-corrected chi connectivity index (χ1v) is 8.72. The molecule has 1 aromatic carbocycles. The van der Waals surface area contributed by atoms with Crippen molar-refractivity contribution in [2.24, 2.45) is 0 Å². The fourth-order valence-corrected chi connectivity index (χ4v) is 2.94. The van der Waals surface area contributed by atoms with E-state index in [2.05, 4.69) is 26.5 Å². The highest BCUT2D eigenvalue weighted by Gasteiger charge is 2.24. The number of nitro benzene ring substituents is 1. The van der Waals surface area contributed by atoms with Crippen LogP contribution in [-0.2, 0) is 0 Å². The Morgan fingerprint density at radius 2 is 2.15 bits per heavy atom. The van der Waals surface area contributed by atoms with Crippen molar-refractivity contribution in [1.29, 1.82) is 0 Å². The predicted octanol–water partition coefficient (Wildman–Crippen LogP) is 2.11. The number of hydrazine groups is 1. The first-order chi connectivity index (χ1) is 12.9. The summed E-state index contributed by atoms with van der Waals surface area (Å²) in [5, 5.41) is 17.4. The Morgan fingerprint density at radius 1 is 1.33 bits per heavy atom. The number of hydrogen-bond acceptors (Lipinski definition) is 7. The molecule has 27 heavy (non-hydrogen) atoms. The number of carbonyl (C=O) groups is 1. The molecular weight excluding hydrogens is 348 g/mol. The first kappa shape index (κ1) is 18.7. The lowest BCUT2D eigenvalue weighted by atomic mass is 10.1. The lowest BCUT2D eigenvalue weighted by Gasteiger charge is -2.16. The van der Waals surface area contributed by atoms with Gasteiger partial charge in [0.05, 0.1) is 22.8 Å². The van der Waals surface area contributed by atoms with Crippen molar-refractivity contribution >= 4 is 17.3 Å². The van der Waals surface area contributed by atoms with E-state index in [0.29, 0.717) is 5.69 Å². The highest BCUT2D eigenvalue weighted by atomic mass is 16.6. The molecule has 1 amide bonds. The van der Waals surface area contributed by atoms with Crippen molar-refractivity contribution in [1.82, 2.24) is 21.2 Å². The standard InChI is InChI=1S/C18H22N6O3/c1-11-9-17(23-22-11)21-18(25)13-6-7-15(16(10-13)24(26)27)20-12(2)14-5-3-4-8-19-14/h3-8,10-12,17,20,22-23H,9H2,1-2H3,(H,21,25). The highest BCUT2D eigenvalue weighted by Crippen LogP contribution is 2.29. The molecule has 1 saturated heterocycles. The second kappa shape index (κ2) is 8.11. The molecule has 1 aromatic heterocycles. The topological polar surface area (TPSA) is 121 Å². The summed E-state index contributed by atoms with van der Waals surface area (Å²) in [6.45, 7) is 3.86. The van der Waals surface area contributed by atoms with Crippen LogP contribution in [0.2, 0.25) is 0 Å². The fraction of sp³-hybridized carbons (Fsp3) is 0.333. The molecule has 0 radical (unpaired) electrons. The third-order valence-electron chi connectivity index (χ3n) is 4.36. The van der Waals surface area contributed by atoms with E-state index < -0.39 is 4.92 Å². The van der Waals surface area contributed by atoms with Gasteiger partial charge in [0.25, 0.3) is 11.6 Å². The number of rotatable bonds is 6. The van der Waals surface area contributed by atoms with Crippen molar-refractivity contribution in [3.8, 4) is 0 Å². The Labute approximate surface area is 156 Å². The zero-order valence-electron chi connectivity index (χ0n) is 15.1. The summed E-state index contributed by atoms with van der Waals surface area (Å²) in [6, 6.07) is 9.93. The van der Waals surface area contributed by atoms with Gasteiger partial charge >= 0.3 is 0 Å². The summed E-state index contributed by atoms with van der Waals surface area (Å²) in [7, 11) is 0. The number of aromatic nitrogens is 1. The van der Waals surface area contributed by atoms with Crippen molar-refractivity contribution in [3.05, 3.63) is 64.0 Å². The van der Waals surface area contributed by atoms with Crippen molar-refractivity contribution in [2.45, 2.75) is 38.5 Å². The number of amides is 1. The van der Waals surface area contributed by atoms with Crippen molar-refractivity contribution in [3.63, 3.8) is 0 Å². The number of hydrogen-bond donors (Lipinski definition) is 4. The average molecular weight is 370 g/mol. The molecule has 2 aromatic rings. The lowest BCUT2D eigenvalue weighted by Crippen LogP contribution is -2.44. The second-order valence-electron chi connectivity index (χ2n) is 6.56. The third kappa shape index (κ3) is 4.57. The van der Waals surface area contributed by atoms with Gasteiger partial charge in [-0.05, 0) is 44.5 Å². The maximum absolute atomic E-state index is 12.4. The summed E-state index contributed by atoms with van der Waals surface area (Å²) in [4.78, 5) is 27.7. The van der Waals surface area contributed by atoms with Crippen LogP contribution in [0.3, 0.4) is 0 Å². The number of pyridine rings is 1. The van der Waals surface area contributed by atoms with Crippen LogP contribution < -0.4 is 21.5 Å². The molecule has 3 unspecified atom stereocenters. The minimum absolute atomic E-state index is 0.156. The molecular formula is C18H22N6O3. The molecule has 0 saturated carbocycles. The first-order valence-electron chi connectivity index (χ1n) is 8.72. The van der Waals surface area contributed by atoms with Gasteiger partial charge in [-0.3, -0.25) is 25.3 Å². The molecule has 4 N–H and O–H groups in total. The van der Waals surface area contributed by atoms with E-state index in [9.17, 15) is 14.9 Å². The molecule has 0 bridgehead atoms. The van der Waals surface area contributed by atoms with E-state index in [0.717, 1.165) is 12.1 Å². The maximum Gasteiger partial charge on any atom is 0.293 e. The van der Waals surface area contributed by atoms with Gasteiger partial charge in [-0.2, -0.15) is 0 Å². The Morgan fingerprint density at radius 3 is 2.78 bits per heavy atom. The minimum Gasteiger partial charge on any atom is -0.371 e. The Balaban J connectivity index is 1.76. The summed E-state index contributed by atoms with van der Waals surface area (Å²) in [5.41, 5.74) is 7.16. The quantitative estimate of drug-likeness (QED) is 0.454. The molecule has 0 aliphatic carbocycles. The number of nitrogens with zero attached hydrogens (tertiary/aromatic N) is 2. The maximum atomic E-state index is 12.4. The smallest absolute Gasteiger partial charge is 0.293 e. The van der Waals surface area contributed by atoms with Gasteiger partial charge in [-0.1, -0.05) is 6.07 Å². The van der Waals surface area contributed by atoms with Crippen molar-refractivity contribution < 1.29 is 9.72 Å². The normalized spacial score (nSPS) is 20.1. The van der Waals surface area contributed by atoms with Gasteiger partial charge in [0.1, 0.15) is 5.69 Å². The molecule has 1 fully saturated rings. The molecule has 3 rings (SSSR count). The van der Waals surface area contributed by atoms with E-state index in [1.807, 2.05) is 32.0 Å². The van der Waals surface area contributed by atoms with Gasteiger partial charge in [0, 0.05) is 23.9 Å². The molecule has 9 heteroatoms. The van der Waals surface area contributed by atoms with Crippen LogP contribution in [0.4, 0.5) is 11.4 Å². The van der Waals surface area contributed by atoms with E-state index in [4.69, 9.17) is 0 Å². The van der Waals surface area contributed by atoms with Crippen LogP contribution in [0.1, 0.15) is 42.4 Å². The highest BCUT2D eigenvalue weighted by molar-refractivity contribution is 5.96. The van der Waals surface area contributed by atoms with Gasteiger partial charge in [0.2, 0.25) is 0 Å². The van der Waals surface area contributed by atoms with Crippen LogP contribution in [-0.4, -0.2) is 28.0 Å². The zero-order valence-corrected chi connectivity index (χ0v) is 15.1. The van der Waals surface area contributed by atoms with Crippen LogP contribution in [0.15, 0.2) is 42.6 Å². The fourth-order valence-electron chi connectivity index (χ4n) is 2.94. The van der Waals surface area contributed by atoms with Crippen LogP contribution >= 0.6 is 0 Å². The van der Waals surface area contributed by atoms with Gasteiger partial charge in [-0.15, -0.1) is 0 Å². The molecule has 142 valence electrons. The van der Waals surface area contributed by atoms with Gasteiger partial charge in [0.15, 0.2) is 0 Å². The van der Waals surface area contributed by atoms with E-state index >= 15 is 0 Å². The Kier molecular flexibility index (Phi) is 5.63. The summed E-state index contributed by atoms with van der Waals surface area (Å²) in [5.74, 6) is -0.365. The SMILES string of the molecule is CC1CC(NC(=O)c2ccc(NC(C)c3ccccn3)c([N+](=O)[O-])c2)NN1. The average Bonchev–Trinajstić information content (AvgIpc) is 3.07. The number of benzene rings is 1. The summed E-state index contributed by atoms with van der Waals surface area (Å²) >= 11 is 0. The van der Waals surface area contributed by atoms with Gasteiger partial charge < -0.3 is 10.6 Å². The Hall–Kier alpha value is -3.04. The molecule has 9 nitrogen and oxygen atoms in total. The summed E-state index contributed by atoms with van der Waals surface area (Å²) in [6.07, 6.45) is 2.19. The summed E-state index contributed by atoms with van der Waals surface area (Å²) < 4.78 is 0. The lowest BCUT2D eigenvalue weighted by molar-refractivity contribution is -0.384. The molecule has 1 aliphatic rings. The number of nitrogens with one attached hydrogen (secondary N) is 4. The number of anilines is 1. The minimum atomic E-state index is -0.498. The van der Waals surface area contributed by atoms with Crippen LogP contribution in [0, 0.1) is 10.1 Å². The predicted molar refractivity (Wildman–Crippen MR) is 101 cm³/mol. The Bertz CT molecular complexity index is 829. The van der Waals surface area contributed by atoms with Gasteiger partial charge in [-0.25, -0.2) is 5.43 Å². The van der Waals surface area contributed by atoms with Crippen LogP contribution in [0.5, 0.6) is 0 Å². The second-order valence-corrected chi connectivity index (χ2v) is 6.56. The monoisotopic (exact) mass is 370 g/mol. The van der Waals surface area contributed by atoms with E-state index in [-0.39, 0.29) is 35.4 Å². The zero-order chi connectivity index (χ0) is 19.4. The molecule has 3 atom stereocenters. The van der Waals surface area contributed by atoms with Crippen molar-refractivity contribution in [2.75, 3.05) is 5.32 Å². The molecule has 0 spiro atoms. The number of nitro groups is 1. The molecule has 2 heterocycles. The third-order valence-corrected chi connectivity index (χ3v) is 4.36. The number of carbonyl (C=O) groups excluding carboxylic acids is 1.